The fraction of sp³-hybridized carbons (Fsp3) is 0.0952. The third-order valence-electron chi connectivity index (χ3n) is 3.78. The minimum atomic E-state index is -0.461. The van der Waals surface area contributed by atoms with Gasteiger partial charge in [0, 0.05) is 5.69 Å². The molecule has 3 rings (SSSR count). The lowest BCUT2D eigenvalue weighted by Crippen LogP contribution is -2.34. The first kappa shape index (κ1) is 17.5. The summed E-state index contributed by atoms with van der Waals surface area (Å²) in [6.07, 6.45) is 0. The van der Waals surface area contributed by atoms with Crippen LogP contribution in [0.2, 0.25) is 0 Å². The molecular formula is C21H20N2O3. The highest BCUT2D eigenvalue weighted by atomic mass is 16.5. The summed E-state index contributed by atoms with van der Waals surface area (Å²) in [6, 6.07) is 25.0. The van der Waals surface area contributed by atoms with Gasteiger partial charge in [0.05, 0.1) is 12.6 Å². The molecule has 26 heavy (non-hydrogen) atoms. The van der Waals surface area contributed by atoms with E-state index in [0.29, 0.717) is 11.4 Å². The number of nitrogens with one attached hydrogen (secondary N) is 2. The van der Waals surface area contributed by atoms with E-state index in [0.717, 1.165) is 11.3 Å². The molecule has 3 N–H and O–H groups in total. The molecule has 0 radical (unpaired) electrons. The van der Waals surface area contributed by atoms with Crippen LogP contribution in [-0.2, 0) is 0 Å². The summed E-state index contributed by atoms with van der Waals surface area (Å²) in [7, 11) is 0. The van der Waals surface area contributed by atoms with Crippen molar-refractivity contribution in [2.45, 2.75) is 6.04 Å². The van der Waals surface area contributed by atoms with Crippen LogP contribution in [-0.4, -0.2) is 17.7 Å². The second-order valence-corrected chi connectivity index (χ2v) is 5.68. The Morgan fingerprint density at radius 3 is 2.04 bits per heavy atom. The molecule has 0 aliphatic heterocycles. The van der Waals surface area contributed by atoms with Gasteiger partial charge in [0.15, 0.2) is 0 Å². The largest absolute Gasteiger partial charge is 0.457 e. The van der Waals surface area contributed by atoms with Gasteiger partial charge >= 0.3 is 6.03 Å². The average molecular weight is 348 g/mol. The van der Waals surface area contributed by atoms with Crippen molar-refractivity contribution in [2.75, 3.05) is 11.9 Å². The van der Waals surface area contributed by atoms with Gasteiger partial charge in [0.25, 0.3) is 0 Å². The number of rotatable bonds is 6. The van der Waals surface area contributed by atoms with E-state index in [1.807, 2.05) is 60.7 Å². The summed E-state index contributed by atoms with van der Waals surface area (Å²) < 4.78 is 5.72. The van der Waals surface area contributed by atoms with Gasteiger partial charge in [0.2, 0.25) is 0 Å². The molecule has 0 spiro atoms. The molecule has 0 aliphatic carbocycles. The molecule has 3 aromatic rings. The normalized spacial score (nSPS) is 11.4. The number of aliphatic hydroxyl groups excluding tert-OH is 1. The molecule has 3 aromatic carbocycles. The molecule has 0 heterocycles. The van der Waals surface area contributed by atoms with Crippen LogP contribution in [0.15, 0.2) is 84.9 Å². The molecule has 5 heteroatoms. The van der Waals surface area contributed by atoms with E-state index in [4.69, 9.17) is 4.74 Å². The van der Waals surface area contributed by atoms with E-state index in [2.05, 4.69) is 10.6 Å². The second-order valence-electron chi connectivity index (χ2n) is 5.68. The van der Waals surface area contributed by atoms with Crippen LogP contribution in [0.1, 0.15) is 11.6 Å². The van der Waals surface area contributed by atoms with Crippen LogP contribution in [0.25, 0.3) is 0 Å². The zero-order valence-electron chi connectivity index (χ0n) is 14.1. The Balaban J connectivity index is 1.57. The average Bonchev–Trinajstić information content (AvgIpc) is 2.69. The lowest BCUT2D eigenvalue weighted by molar-refractivity contribution is 0.225. The summed E-state index contributed by atoms with van der Waals surface area (Å²) in [5.74, 6) is 1.43. The number of carbonyl (C=O) groups excluding carboxylic acids is 1. The van der Waals surface area contributed by atoms with Gasteiger partial charge in [-0.2, -0.15) is 0 Å². The van der Waals surface area contributed by atoms with Crippen molar-refractivity contribution in [3.63, 3.8) is 0 Å². The SMILES string of the molecule is O=C(Nc1ccc(Oc2ccccc2)cc1)NC(CO)c1ccccc1. The molecule has 0 fully saturated rings. The first-order chi connectivity index (χ1) is 12.7. The fourth-order valence-corrected chi connectivity index (χ4v) is 2.48. The van der Waals surface area contributed by atoms with E-state index >= 15 is 0 Å². The summed E-state index contributed by atoms with van der Waals surface area (Å²) in [6.45, 7) is -0.179. The number of hydrogen-bond acceptors (Lipinski definition) is 3. The van der Waals surface area contributed by atoms with Gasteiger partial charge in [-0.15, -0.1) is 0 Å². The number of urea groups is 1. The van der Waals surface area contributed by atoms with Crippen LogP contribution in [0, 0.1) is 0 Å². The van der Waals surface area contributed by atoms with Crippen molar-refractivity contribution >= 4 is 11.7 Å². The van der Waals surface area contributed by atoms with Crippen LogP contribution in [0.4, 0.5) is 10.5 Å². The minimum absolute atomic E-state index is 0.179. The van der Waals surface area contributed by atoms with Gasteiger partial charge in [-0.1, -0.05) is 48.5 Å². The Hall–Kier alpha value is -3.31. The molecule has 0 bridgehead atoms. The van der Waals surface area contributed by atoms with Crippen molar-refractivity contribution in [3.05, 3.63) is 90.5 Å². The van der Waals surface area contributed by atoms with E-state index in [9.17, 15) is 9.90 Å². The van der Waals surface area contributed by atoms with Gasteiger partial charge in [-0.25, -0.2) is 4.79 Å². The number of hydrogen-bond donors (Lipinski definition) is 3. The molecule has 1 unspecified atom stereocenters. The first-order valence-electron chi connectivity index (χ1n) is 8.31. The van der Waals surface area contributed by atoms with Crippen molar-refractivity contribution in [2.24, 2.45) is 0 Å². The highest BCUT2D eigenvalue weighted by Gasteiger charge is 2.13. The lowest BCUT2D eigenvalue weighted by atomic mass is 10.1. The Kier molecular flexibility index (Phi) is 5.85. The van der Waals surface area contributed by atoms with E-state index in [-0.39, 0.29) is 12.6 Å². The summed E-state index contributed by atoms with van der Waals surface area (Å²) in [5.41, 5.74) is 1.48. The van der Waals surface area contributed by atoms with Crippen LogP contribution >= 0.6 is 0 Å². The van der Waals surface area contributed by atoms with Crippen LogP contribution in [0.5, 0.6) is 11.5 Å². The van der Waals surface area contributed by atoms with Crippen molar-refractivity contribution in [3.8, 4) is 11.5 Å². The standard InChI is InChI=1S/C21H20N2O3/c24-15-20(16-7-3-1-4-8-16)23-21(25)22-17-11-13-19(14-12-17)26-18-9-5-2-6-10-18/h1-14,20,24H,15H2,(H2,22,23,25). The molecule has 5 nitrogen and oxygen atoms in total. The zero-order chi connectivity index (χ0) is 18.2. The quantitative estimate of drug-likeness (QED) is 0.621. The predicted octanol–water partition coefficient (Wildman–Crippen LogP) is 4.33. The topological polar surface area (TPSA) is 70.6 Å². The third kappa shape index (κ3) is 4.84. The number of ether oxygens (including phenoxy) is 1. The Bertz CT molecular complexity index is 821. The van der Waals surface area contributed by atoms with Gasteiger partial charge < -0.3 is 20.5 Å². The highest BCUT2D eigenvalue weighted by Crippen LogP contribution is 2.22. The van der Waals surface area contributed by atoms with Gasteiger partial charge in [0.1, 0.15) is 11.5 Å². The van der Waals surface area contributed by atoms with Crippen LogP contribution in [0.3, 0.4) is 0 Å². The highest BCUT2D eigenvalue weighted by molar-refractivity contribution is 5.89. The third-order valence-corrected chi connectivity index (χ3v) is 3.78. The number of anilines is 1. The molecular weight excluding hydrogens is 328 g/mol. The molecule has 0 aromatic heterocycles. The molecule has 0 saturated carbocycles. The Morgan fingerprint density at radius 1 is 0.846 bits per heavy atom. The number of carbonyl (C=O) groups is 1. The fourth-order valence-electron chi connectivity index (χ4n) is 2.48. The zero-order valence-corrected chi connectivity index (χ0v) is 14.1. The number of para-hydroxylation sites is 1. The second kappa shape index (κ2) is 8.69. The molecule has 1 atom stereocenters. The number of benzene rings is 3. The van der Waals surface area contributed by atoms with Crippen molar-refractivity contribution in [1.29, 1.82) is 0 Å². The minimum Gasteiger partial charge on any atom is -0.457 e. The predicted molar refractivity (Wildman–Crippen MR) is 101 cm³/mol. The van der Waals surface area contributed by atoms with Gasteiger partial charge in [-0.05, 0) is 42.0 Å². The maximum Gasteiger partial charge on any atom is 0.319 e. The smallest absolute Gasteiger partial charge is 0.319 e. The molecule has 2 amide bonds. The van der Waals surface area contributed by atoms with E-state index < -0.39 is 6.04 Å². The van der Waals surface area contributed by atoms with Crippen molar-refractivity contribution < 1.29 is 14.6 Å². The lowest BCUT2D eigenvalue weighted by Gasteiger charge is -2.17. The number of aliphatic hydroxyl groups is 1. The van der Waals surface area contributed by atoms with E-state index in [1.54, 1.807) is 24.3 Å². The van der Waals surface area contributed by atoms with E-state index in [1.165, 1.54) is 0 Å². The Morgan fingerprint density at radius 2 is 1.42 bits per heavy atom. The van der Waals surface area contributed by atoms with Gasteiger partial charge in [-0.3, -0.25) is 0 Å². The Labute approximate surface area is 152 Å². The number of amides is 2. The molecule has 132 valence electrons. The van der Waals surface area contributed by atoms with Crippen molar-refractivity contribution in [1.82, 2.24) is 5.32 Å². The maximum absolute atomic E-state index is 12.2. The first-order valence-corrected chi connectivity index (χ1v) is 8.31. The molecule has 0 aliphatic rings. The summed E-state index contributed by atoms with van der Waals surface area (Å²) in [4.78, 5) is 12.2. The monoisotopic (exact) mass is 348 g/mol. The summed E-state index contributed by atoms with van der Waals surface area (Å²) in [5, 5.41) is 15.0. The maximum atomic E-state index is 12.2. The summed E-state index contributed by atoms with van der Waals surface area (Å²) >= 11 is 0. The molecule has 0 saturated heterocycles. The van der Waals surface area contributed by atoms with Crippen LogP contribution < -0.4 is 15.4 Å².